The number of thiocarbonyl (C=S) groups is 1. The Hall–Kier alpha value is -3.07. The molecule has 0 saturated carbocycles. The summed E-state index contributed by atoms with van der Waals surface area (Å²) in [7, 11) is 0. The highest BCUT2D eigenvalue weighted by molar-refractivity contribution is 8.27. The van der Waals surface area contributed by atoms with Crippen molar-refractivity contribution in [1.82, 2.24) is 0 Å². The summed E-state index contributed by atoms with van der Waals surface area (Å²) in [5.41, 5.74) is 2.36. The van der Waals surface area contributed by atoms with E-state index < -0.39 is 5.97 Å². The molecule has 1 amide bonds. The van der Waals surface area contributed by atoms with E-state index in [1.54, 1.807) is 24.3 Å². The molecule has 2 heterocycles. The average Bonchev–Trinajstić information content (AvgIpc) is 3.39. The van der Waals surface area contributed by atoms with Crippen LogP contribution in [0, 0.1) is 0 Å². The zero-order valence-corrected chi connectivity index (χ0v) is 20.8. The van der Waals surface area contributed by atoms with Gasteiger partial charge in [-0.2, -0.15) is 0 Å². The lowest BCUT2D eigenvalue weighted by atomic mass is 10.1. The van der Waals surface area contributed by atoms with Crippen molar-refractivity contribution in [1.29, 1.82) is 0 Å². The summed E-state index contributed by atoms with van der Waals surface area (Å²) in [6.45, 7) is 6.00. The van der Waals surface area contributed by atoms with Crippen molar-refractivity contribution in [3.63, 3.8) is 0 Å². The summed E-state index contributed by atoms with van der Waals surface area (Å²) in [5.74, 6) is -0.414. The number of amides is 1. The molecule has 0 spiro atoms. The normalized spacial score (nSPS) is 14.8. The molecule has 0 unspecified atom stereocenters. The lowest BCUT2D eigenvalue weighted by molar-refractivity contribution is -0.113. The first-order chi connectivity index (χ1) is 16.3. The number of aromatic carboxylic acids is 1. The number of benzene rings is 2. The number of furan rings is 1. The molecule has 6 nitrogen and oxygen atoms in total. The number of rotatable bonds is 7. The smallest absolute Gasteiger partial charge is 0.337 e. The quantitative estimate of drug-likeness (QED) is 0.284. The topological polar surface area (TPSA) is 74.0 Å². The third-order valence-corrected chi connectivity index (χ3v) is 7.04. The van der Waals surface area contributed by atoms with Crippen LogP contribution in [0.15, 0.2) is 63.9 Å². The fraction of sp³-hybridized carbons (Fsp3) is 0.160. The molecule has 1 aromatic heterocycles. The van der Waals surface area contributed by atoms with Crippen LogP contribution in [0.4, 0.5) is 11.4 Å². The van der Waals surface area contributed by atoms with E-state index in [9.17, 15) is 14.7 Å². The van der Waals surface area contributed by atoms with Gasteiger partial charge in [-0.25, -0.2) is 4.79 Å². The molecule has 1 aliphatic heterocycles. The standard InChI is InChI=1S/C25H21ClN2O4S2/c1-3-27(4-2)16-6-8-17(9-7-16)28-23(29)22(34-25(28)33)14-18-10-12-21(32-18)15-5-11-20(26)19(13-15)24(30)31/h5-14H,3-4H2,1-2H3,(H,30,31)/b22-14+. The van der Waals surface area contributed by atoms with Gasteiger partial charge in [-0.1, -0.05) is 35.6 Å². The van der Waals surface area contributed by atoms with Crippen LogP contribution >= 0.6 is 35.6 Å². The highest BCUT2D eigenvalue weighted by atomic mass is 35.5. The first-order valence-corrected chi connectivity index (χ1v) is 12.2. The molecule has 0 atom stereocenters. The van der Waals surface area contributed by atoms with E-state index in [0.717, 1.165) is 18.8 Å². The molecule has 4 rings (SSSR count). The van der Waals surface area contributed by atoms with E-state index >= 15 is 0 Å². The maximum Gasteiger partial charge on any atom is 0.337 e. The summed E-state index contributed by atoms with van der Waals surface area (Å²) in [6, 6.07) is 15.8. The van der Waals surface area contributed by atoms with Gasteiger partial charge in [-0.3, -0.25) is 9.69 Å². The maximum absolute atomic E-state index is 13.1. The predicted molar refractivity (Wildman–Crippen MR) is 142 cm³/mol. The number of carbonyl (C=O) groups excluding carboxylic acids is 1. The van der Waals surface area contributed by atoms with Crippen LogP contribution in [0.2, 0.25) is 5.02 Å². The number of hydrogen-bond acceptors (Lipinski definition) is 6. The molecule has 0 aliphatic carbocycles. The van der Waals surface area contributed by atoms with E-state index in [0.29, 0.717) is 32.0 Å². The molecule has 174 valence electrons. The van der Waals surface area contributed by atoms with Gasteiger partial charge in [0.25, 0.3) is 5.91 Å². The van der Waals surface area contributed by atoms with E-state index in [1.165, 1.54) is 28.8 Å². The lowest BCUT2D eigenvalue weighted by Crippen LogP contribution is -2.27. The highest BCUT2D eigenvalue weighted by Gasteiger charge is 2.33. The Balaban J connectivity index is 1.56. The number of carboxylic acid groups (broad SMARTS) is 1. The molecule has 1 aliphatic rings. The van der Waals surface area contributed by atoms with Crippen LogP contribution in [-0.4, -0.2) is 34.4 Å². The molecule has 2 aromatic carbocycles. The van der Waals surface area contributed by atoms with Gasteiger partial charge in [0.15, 0.2) is 4.32 Å². The Kier molecular flexibility index (Phi) is 7.11. The van der Waals surface area contributed by atoms with Gasteiger partial charge in [0, 0.05) is 30.4 Å². The van der Waals surface area contributed by atoms with Crippen LogP contribution < -0.4 is 9.80 Å². The molecular formula is C25H21ClN2O4S2. The number of halogens is 1. The predicted octanol–water partition coefficient (Wildman–Crippen LogP) is 6.55. The second-order valence-corrected chi connectivity index (χ2v) is 9.49. The molecular weight excluding hydrogens is 492 g/mol. The van der Waals surface area contributed by atoms with Crippen LogP contribution in [0.3, 0.4) is 0 Å². The molecule has 3 aromatic rings. The van der Waals surface area contributed by atoms with Crippen molar-refractivity contribution in [2.75, 3.05) is 22.9 Å². The Morgan fingerprint density at radius 2 is 1.85 bits per heavy atom. The minimum Gasteiger partial charge on any atom is -0.478 e. The molecule has 1 fully saturated rings. The largest absolute Gasteiger partial charge is 0.478 e. The van der Waals surface area contributed by atoms with Gasteiger partial charge in [0.05, 0.1) is 21.2 Å². The maximum atomic E-state index is 13.1. The number of anilines is 2. The van der Waals surface area contributed by atoms with Crippen molar-refractivity contribution >= 4 is 69.2 Å². The Bertz CT molecular complexity index is 1300. The van der Waals surface area contributed by atoms with Crippen molar-refractivity contribution in [2.45, 2.75) is 13.8 Å². The van der Waals surface area contributed by atoms with Crippen LogP contribution in [0.1, 0.15) is 30.0 Å². The van der Waals surface area contributed by atoms with Crippen molar-refractivity contribution in [3.05, 3.63) is 75.8 Å². The van der Waals surface area contributed by atoms with Crippen molar-refractivity contribution in [3.8, 4) is 11.3 Å². The fourth-order valence-electron chi connectivity index (χ4n) is 3.65. The summed E-state index contributed by atoms with van der Waals surface area (Å²) in [5, 5.41) is 9.44. The zero-order chi connectivity index (χ0) is 24.4. The van der Waals surface area contributed by atoms with Gasteiger partial charge in [-0.15, -0.1) is 0 Å². The number of carboxylic acids is 1. The molecule has 1 saturated heterocycles. The molecule has 34 heavy (non-hydrogen) atoms. The van der Waals surface area contributed by atoms with Crippen LogP contribution in [0.25, 0.3) is 17.4 Å². The number of carbonyl (C=O) groups is 2. The molecule has 9 heteroatoms. The molecule has 0 bridgehead atoms. The van der Waals surface area contributed by atoms with Gasteiger partial charge in [0.2, 0.25) is 0 Å². The summed E-state index contributed by atoms with van der Waals surface area (Å²) < 4.78 is 6.30. The van der Waals surface area contributed by atoms with Crippen molar-refractivity contribution in [2.24, 2.45) is 0 Å². The lowest BCUT2D eigenvalue weighted by Gasteiger charge is -2.22. The molecule has 1 N–H and O–H groups in total. The second-order valence-electron chi connectivity index (χ2n) is 7.41. The third kappa shape index (κ3) is 4.75. The molecule has 0 radical (unpaired) electrons. The van der Waals surface area contributed by atoms with Crippen molar-refractivity contribution < 1.29 is 19.1 Å². The first kappa shape index (κ1) is 24.1. The Labute approximate surface area is 211 Å². The number of thioether (sulfide) groups is 1. The Morgan fingerprint density at radius 3 is 2.50 bits per heavy atom. The van der Waals surface area contributed by atoms with E-state index in [2.05, 4.69) is 18.7 Å². The van der Waals surface area contributed by atoms with E-state index in [-0.39, 0.29) is 16.5 Å². The number of nitrogens with zero attached hydrogens (tertiary/aromatic N) is 2. The summed E-state index contributed by atoms with van der Waals surface area (Å²) in [6.07, 6.45) is 1.64. The summed E-state index contributed by atoms with van der Waals surface area (Å²) in [4.78, 5) is 28.6. The summed E-state index contributed by atoms with van der Waals surface area (Å²) >= 11 is 12.6. The van der Waals surface area contributed by atoms with E-state index in [1.807, 2.05) is 24.3 Å². The first-order valence-electron chi connectivity index (χ1n) is 10.6. The van der Waals surface area contributed by atoms with Crippen LogP contribution in [0.5, 0.6) is 0 Å². The van der Waals surface area contributed by atoms with Gasteiger partial charge < -0.3 is 14.4 Å². The minimum absolute atomic E-state index is 0.00926. The Morgan fingerprint density at radius 1 is 1.15 bits per heavy atom. The van der Waals surface area contributed by atoms with Crippen LogP contribution in [-0.2, 0) is 4.79 Å². The average molecular weight is 513 g/mol. The number of hydrogen-bond donors (Lipinski definition) is 1. The third-order valence-electron chi connectivity index (χ3n) is 5.41. The van der Waals surface area contributed by atoms with E-state index in [4.69, 9.17) is 28.2 Å². The van der Waals surface area contributed by atoms with Gasteiger partial charge in [-0.05, 0) is 68.4 Å². The monoisotopic (exact) mass is 512 g/mol. The second kappa shape index (κ2) is 10.0. The minimum atomic E-state index is -1.12. The van der Waals surface area contributed by atoms with Gasteiger partial charge >= 0.3 is 5.97 Å². The fourth-order valence-corrected chi connectivity index (χ4v) is 5.13. The van der Waals surface area contributed by atoms with Gasteiger partial charge in [0.1, 0.15) is 11.5 Å². The highest BCUT2D eigenvalue weighted by Crippen LogP contribution is 2.37. The zero-order valence-electron chi connectivity index (χ0n) is 18.4. The SMILES string of the molecule is CCN(CC)c1ccc(N2C(=O)/C(=C\c3ccc(-c4ccc(Cl)c(C(=O)O)c4)o3)SC2=S)cc1.